The number of nitrogens with zero attached hydrogens (tertiary/aromatic N) is 1. The van der Waals surface area contributed by atoms with Crippen LogP contribution >= 0.6 is 0 Å². The normalized spacial score (nSPS) is 29.8. The maximum absolute atomic E-state index is 12.1. The number of aliphatic hydroxyl groups is 3. The Labute approximate surface area is 120 Å². The minimum Gasteiger partial charge on any atom is -0.394 e. The molecule has 0 aliphatic carbocycles. The van der Waals surface area contributed by atoms with Gasteiger partial charge >= 0.3 is 5.69 Å². The molecule has 0 unspecified atom stereocenters. The second-order valence-electron chi connectivity index (χ2n) is 6.17. The van der Waals surface area contributed by atoms with E-state index in [0.717, 1.165) is 4.57 Å². The quantitative estimate of drug-likeness (QED) is 0.524. The maximum Gasteiger partial charge on any atom is 0.330 e. The first-order chi connectivity index (χ1) is 9.66. The van der Waals surface area contributed by atoms with Gasteiger partial charge in [0.2, 0.25) is 0 Å². The summed E-state index contributed by atoms with van der Waals surface area (Å²) in [5.41, 5.74) is -1.47. The highest BCUT2D eigenvalue weighted by molar-refractivity contribution is 5.14. The minimum atomic E-state index is -1.38. The van der Waals surface area contributed by atoms with Crippen LogP contribution < -0.4 is 11.2 Å². The Hall–Kier alpha value is -1.48. The van der Waals surface area contributed by atoms with Crippen molar-refractivity contribution in [2.45, 2.75) is 50.7 Å². The van der Waals surface area contributed by atoms with Crippen molar-refractivity contribution in [2.75, 3.05) is 6.61 Å². The molecule has 0 bridgehead atoms. The van der Waals surface area contributed by atoms with E-state index in [4.69, 9.17) is 9.84 Å². The van der Waals surface area contributed by atoms with Crippen LogP contribution in [-0.4, -0.2) is 49.8 Å². The van der Waals surface area contributed by atoms with E-state index in [9.17, 15) is 19.8 Å². The van der Waals surface area contributed by atoms with Gasteiger partial charge in [0.25, 0.3) is 5.56 Å². The minimum absolute atomic E-state index is 0.367. The predicted molar refractivity (Wildman–Crippen MR) is 73.0 cm³/mol. The monoisotopic (exact) mass is 300 g/mol. The molecule has 2 heterocycles. The van der Waals surface area contributed by atoms with Crippen molar-refractivity contribution in [3.63, 3.8) is 0 Å². The van der Waals surface area contributed by atoms with Crippen LogP contribution in [0.15, 0.2) is 15.7 Å². The molecule has 0 aromatic carbocycles. The fourth-order valence-electron chi connectivity index (χ4n) is 2.43. The number of aromatic amines is 1. The van der Waals surface area contributed by atoms with Crippen LogP contribution in [-0.2, 0) is 10.2 Å². The molecule has 8 heteroatoms. The van der Waals surface area contributed by atoms with Gasteiger partial charge in [-0.05, 0) is 0 Å². The lowest BCUT2D eigenvalue weighted by Gasteiger charge is -2.27. The molecule has 1 aromatic heterocycles. The SMILES string of the molecule is CC(C)(C)c1cc(=O)[nH]c(=O)n1[C@@H]1O[C@H](CO)[C@@H](O)[C@H]1O. The second kappa shape index (κ2) is 5.38. The third-order valence-corrected chi connectivity index (χ3v) is 3.52. The van der Waals surface area contributed by atoms with Crippen LogP contribution in [0.3, 0.4) is 0 Å². The molecule has 0 spiro atoms. The number of aromatic nitrogens is 2. The zero-order valence-electron chi connectivity index (χ0n) is 12.1. The van der Waals surface area contributed by atoms with Gasteiger partial charge in [-0.3, -0.25) is 14.3 Å². The lowest BCUT2D eigenvalue weighted by atomic mass is 9.91. The Bertz CT molecular complexity index is 629. The van der Waals surface area contributed by atoms with E-state index in [-0.39, 0.29) is 0 Å². The summed E-state index contributed by atoms with van der Waals surface area (Å²) < 4.78 is 6.48. The molecule has 2 rings (SSSR count). The van der Waals surface area contributed by atoms with Crippen LogP contribution in [0.4, 0.5) is 0 Å². The van der Waals surface area contributed by atoms with E-state index in [1.54, 1.807) is 20.8 Å². The van der Waals surface area contributed by atoms with Gasteiger partial charge < -0.3 is 20.1 Å². The number of aliphatic hydroxyl groups excluding tert-OH is 3. The molecule has 1 aromatic rings. The van der Waals surface area contributed by atoms with Crippen molar-refractivity contribution in [1.29, 1.82) is 0 Å². The van der Waals surface area contributed by atoms with Crippen LogP contribution in [0.1, 0.15) is 32.7 Å². The van der Waals surface area contributed by atoms with E-state index in [1.165, 1.54) is 6.07 Å². The third kappa shape index (κ3) is 2.80. The fourth-order valence-corrected chi connectivity index (χ4v) is 2.43. The molecular weight excluding hydrogens is 280 g/mol. The van der Waals surface area contributed by atoms with Gasteiger partial charge in [0.15, 0.2) is 6.23 Å². The van der Waals surface area contributed by atoms with Crippen LogP contribution in [0, 0.1) is 0 Å². The number of ether oxygens (including phenoxy) is 1. The summed E-state index contributed by atoms with van der Waals surface area (Å²) in [4.78, 5) is 25.8. The Morgan fingerprint density at radius 1 is 1.29 bits per heavy atom. The van der Waals surface area contributed by atoms with E-state index < -0.39 is 47.8 Å². The van der Waals surface area contributed by atoms with Crippen molar-refractivity contribution >= 4 is 0 Å². The van der Waals surface area contributed by atoms with Crippen molar-refractivity contribution in [3.05, 3.63) is 32.6 Å². The molecule has 8 nitrogen and oxygen atoms in total. The average Bonchev–Trinajstić information content (AvgIpc) is 2.64. The Morgan fingerprint density at radius 2 is 1.90 bits per heavy atom. The standard InChI is InChI=1S/C13H20N2O6/c1-13(2,3)7-4-8(17)14-12(20)15(7)11-10(19)9(18)6(5-16)21-11/h4,6,9-11,16,18-19H,5H2,1-3H3,(H,14,17,20)/t6-,9-,10-,11-/m1/s1. The first kappa shape index (κ1) is 15.9. The molecule has 0 saturated carbocycles. The number of hydrogen-bond acceptors (Lipinski definition) is 6. The molecule has 1 aliphatic heterocycles. The molecular formula is C13H20N2O6. The summed E-state index contributed by atoms with van der Waals surface area (Å²) in [5.74, 6) is 0. The molecule has 0 amide bonds. The lowest BCUT2D eigenvalue weighted by molar-refractivity contribution is -0.0572. The number of rotatable bonds is 2. The second-order valence-corrected chi connectivity index (χ2v) is 6.17. The Balaban J connectivity index is 2.60. The highest BCUT2D eigenvalue weighted by Crippen LogP contribution is 2.31. The van der Waals surface area contributed by atoms with Crippen molar-refractivity contribution in [2.24, 2.45) is 0 Å². The van der Waals surface area contributed by atoms with Gasteiger partial charge in [-0.15, -0.1) is 0 Å². The van der Waals surface area contributed by atoms with Gasteiger partial charge in [-0.25, -0.2) is 4.79 Å². The fraction of sp³-hybridized carbons (Fsp3) is 0.692. The van der Waals surface area contributed by atoms with Crippen molar-refractivity contribution < 1.29 is 20.1 Å². The molecule has 21 heavy (non-hydrogen) atoms. The van der Waals surface area contributed by atoms with Gasteiger partial charge in [0.05, 0.1) is 6.61 Å². The summed E-state index contributed by atoms with van der Waals surface area (Å²) in [5, 5.41) is 29.0. The van der Waals surface area contributed by atoms with E-state index >= 15 is 0 Å². The number of H-pyrrole nitrogens is 1. The molecule has 1 aliphatic rings. The summed E-state index contributed by atoms with van der Waals surface area (Å²) in [6.07, 6.45) is -4.86. The first-order valence-corrected chi connectivity index (χ1v) is 6.65. The number of nitrogens with one attached hydrogen (secondary N) is 1. The Morgan fingerprint density at radius 3 is 2.38 bits per heavy atom. The van der Waals surface area contributed by atoms with Crippen LogP contribution in [0.2, 0.25) is 0 Å². The zero-order chi connectivity index (χ0) is 15.9. The van der Waals surface area contributed by atoms with Crippen molar-refractivity contribution in [1.82, 2.24) is 9.55 Å². The number of hydrogen-bond donors (Lipinski definition) is 4. The maximum atomic E-state index is 12.1. The smallest absolute Gasteiger partial charge is 0.330 e. The van der Waals surface area contributed by atoms with Crippen molar-refractivity contribution in [3.8, 4) is 0 Å². The van der Waals surface area contributed by atoms with Gasteiger partial charge in [-0.2, -0.15) is 0 Å². The van der Waals surface area contributed by atoms with E-state index in [2.05, 4.69) is 4.98 Å². The summed E-state index contributed by atoms with van der Waals surface area (Å²) >= 11 is 0. The lowest BCUT2D eigenvalue weighted by Crippen LogP contribution is -2.42. The van der Waals surface area contributed by atoms with Crippen LogP contribution in [0.5, 0.6) is 0 Å². The predicted octanol–water partition coefficient (Wildman–Crippen LogP) is -1.55. The van der Waals surface area contributed by atoms with Gasteiger partial charge in [0, 0.05) is 17.2 Å². The highest BCUT2D eigenvalue weighted by atomic mass is 16.6. The largest absolute Gasteiger partial charge is 0.394 e. The summed E-state index contributed by atoms with van der Waals surface area (Å²) in [6.45, 7) is 4.93. The molecule has 0 radical (unpaired) electrons. The summed E-state index contributed by atoms with van der Waals surface area (Å²) in [6, 6.07) is 1.26. The zero-order valence-corrected chi connectivity index (χ0v) is 12.1. The van der Waals surface area contributed by atoms with Gasteiger partial charge in [-0.1, -0.05) is 20.8 Å². The van der Waals surface area contributed by atoms with Crippen LogP contribution in [0.25, 0.3) is 0 Å². The average molecular weight is 300 g/mol. The van der Waals surface area contributed by atoms with E-state index in [0.29, 0.717) is 5.69 Å². The third-order valence-electron chi connectivity index (χ3n) is 3.52. The Kier molecular flexibility index (Phi) is 4.07. The summed E-state index contributed by atoms with van der Waals surface area (Å²) in [7, 11) is 0. The molecule has 4 N–H and O–H groups in total. The van der Waals surface area contributed by atoms with Gasteiger partial charge in [0.1, 0.15) is 18.3 Å². The molecule has 4 atom stereocenters. The molecule has 1 fully saturated rings. The highest BCUT2D eigenvalue weighted by Gasteiger charge is 2.45. The van der Waals surface area contributed by atoms with E-state index in [1.807, 2.05) is 0 Å². The molecule has 118 valence electrons. The first-order valence-electron chi connectivity index (χ1n) is 6.65. The molecule has 1 saturated heterocycles. The topological polar surface area (TPSA) is 125 Å².